The second kappa shape index (κ2) is 3.89. The minimum absolute atomic E-state index is 0.0850. The van der Waals surface area contributed by atoms with Crippen LogP contribution in [0.3, 0.4) is 0 Å². The van der Waals surface area contributed by atoms with Crippen LogP contribution < -0.4 is 5.32 Å². The summed E-state index contributed by atoms with van der Waals surface area (Å²) in [7, 11) is 0. The van der Waals surface area contributed by atoms with Crippen molar-refractivity contribution in [1.82, 2.24) is 0 Å². The van der Waals surface area contributed by atoms with Gasteiger partial charge in [-0.15, -0.1) is 4.91 Å². The summed E-state index contributed by atoms with van der Waals surface area (Å²) < 4.78 is 0. The zero-order valence-corrected chi connectivity index (χ0v) is 7.66. The van der Waals surface area contributed by atoms with E-state index in [1.165, 1.54) is 6.07 Å². The summed E-state index contributed by atoms with van der Waals surface area (Å²) in [6, 6.07) is 3.20. The monoisotopic (exact) mass is 180 g/mol. The molecule has 0 aliphatic carbocycles. The molecule has 0 saturated carbocycles. The van der Waals surface area contributed by atoms with E-state index < -0.39 is 0 Å². The zero-order valence-electron chi connectivity index (χ0n) is 7.66. The zero-order chi connectivity index (χ0) is 9.84. The van der Waals surface area contributed by atoms with Crippen molar-refractivity contribution in [3.8, 4) is 5.75 Å². The van der Waals surface area contributed by atoms with Crippen LogP contribution in [0, 0.1) is 11.8 Å². The molecule has 1 rings (SSSR count). The van der Waals surface area contributed by atoms with Gasteiger partial charge in [-0.3, -0.25) is 0 Å². The van der Waals surface area contributed by atoms with Gasteiger partial charge in [0.2, 0.25) is 0 Å². The maximum atomic E-state index is 10.4. The quantitative estimate of drug-likeness (QED) is 0.702. The molecule has 0 radical (unpaired) electrons. The number of aryl methyl sites for hydroxylation is 1. The highest BCUT2D eigenvalue weighted by molar-refractivity contribution is 5.75. The molecule has 0 spiro atoms. The first-order valence-electron chi connectivity index (χ1n) is 4.10. The molecule has 0 amide bonds. The molecule has 2 N–H and O–H groups in total. The van der Waals surface area contributed by atoms with E-state index in [-0.39, 0.29) is 11.4 Å². The van der Waals surface area contributed by atoms with Crippen LogP contribution in [-0.2, 0) is 0 Å². The van der Waals surface area contributed by atoms with E-state index >= 15 is 0 Å². The number of rotatable bonds is 3. The SMILES string of the molecule is CCNc1c(C)ccc(O)c1N=O. The molecule has 0 heterocycles. The Kier molecular flexibility index (Phi) is 2.84. The fourth-order valence-corrected chi connectivity index (χ4v) is 1.17. The molecule has 4 heteroatoms. The minimum atomic E-state index is -0.0865. The van der Waals surface area contributed by atoms with Crippen LogP contribution in [0.15, 0.2) is 17.3 Å². The molecule has 0 fully saturated rings. The summed E-state index contributed by atoms with van der Waals surface area (Å²) in [5.74, 6) is -0.0865. The molecule has 1 aromatic carbocycles. The summed E-state index contributed by atoms with van der Waals surface area (Å²) in [4.78, 5) is 10.4. The Morgan fingerprint density at radius 2 is 2.23 bits per heavy atom. The van der Waals surface area contributed by atoms with Crippen molar-refractivity contribution in [3.63, 3.8) is 0 Å². The number of aromatic hydroxyl groups is 1. The normalized spacial score (nSPS) is 9.69. The molecule has 0 bridgehead atoms. The molecule has 0 aliphatic heterocycles. The fraction of sp³-hybridized carbons (Fsp3) is 0.333. The van der Waals surface area contributed by atoms with Crippen molar-refractivity contribution < 1.29 is 5.11 Å². The van der Waals surface area contributed by atoms with Gasteiger partial charge in [-0.05, 0) is 30.7 Å². The molecular formula is C9H12N2O2. The van der Waals surface area contributed by atoms with Crippen LogP contribution >= 0.6 is 0 Å². The second-order valence-electron chi connectivity index (χ2n) is 2.75. The third kappa shape index (κ3) is 1.77. The third-order valence-corrected chi connectivity index (χ3v) is 1.81. The van der Waals surface area contributed by atoms with E-state index in [0.717, 1.165) is 5.56 Å². The van der Waals surface area contributed by atoms with Gasteiger partial charge < -0.3 is 10.4 Å². The first-order chi connectivity index (χ1) is 6.20. The van der Waals surface area contributed by atoms with E-state index in [1.54, 1.807) is 6.07 Å². The van der Waals surface area contributed by atoms with Gasteiger partial charge >= 0.3 is 0 Å². The van der Waals surface area contributed by atoms with Gasteiger partial charge in [-0.2, -0.15) is 0 Å². The molecule has 0 aliphatic rings. The first kappa shape index (κ1) is 9.51. The van der Waals surface area contributed by atoms with Crippen molar-refractivity contribution in [2.24, 2.45) is 5.18 Å². The third-order valence-electron chi connectivity index (χ3n) is 1.81. The molecular weight excluding hydrogens is 168 g/mol. The Labute approximate surface area is 76.6 Å². The Hall–Kier alpha value is -1.58. The summed E-state index contributed by atoms with van der Waals surface area (Å²) in [6.07, 6.45) is 0. The summed E-state index contributed by atoms with van der Waals surface area (Å²) in [5, 5.41) is 15.1. The largest absolute Gasteiger partial charge is 0.505 e. The highest BCUT2D eigenvalue weighted by Crippen LogP contribution is 2.36. The lowest BCUT2D eigenvalue weighted by atomic mass is 10.1. The van der Waals surface area contributed by atoms with Gasteiger partial charge in [0.25, 0.3) is 0 Å². The van der Waals surface area contributed by atoms with Gasteiger partial charge in [-0.25, -0.2) is 0 Å². The molecule has 13 heavy (non-hydrogen) atoms. The molecule has 0 atom stereocenters. The number of hydrogen-bond acceptors (Lipinski definition) is 4. The molecule has 70 valence electrons. The molecule has 0 unspecified atom stereocenters. The predicted molar refractivity (Wildman–Crippen MR) is 52.5 cm³/mol. The molecule has 0 saturated heterocycles. The number of nitroso groups, excluding NO2 is 1. The smallest absolute Gasteiger partial charge is 0.172 e. The van der Waals surface area contributed by atoms with Crippen LogP contribution in [0.2, 0.25) is 0 Å². The van der Waals surface area contributed by atoms with Gasteiger partial charge in [0.05, 0.1) is 5.69 Å². The van der Waals surface area contributed by atoms with Gasteiger partial charge in [-0.1, -0.05) is 6.07 Å². The summed E-state index contributed by atoms with van der Waals surface area (Å²) in [5.41, 5.74) is 1.59. The number of nitrogens with zero attached hydrogens (tertiary/aromatic N) is 1. The minimum Gasteiger partial charge on any atom is -0.505 e. The van der Waals surface area contributed by atoms with Crippen LogP contribution in [0.5, 0.6) is 5.75 Å². The van der Waals surface area contributed by atoms with Crippen molar-refractivity contribution in [1.29, 1.82) is 0 Å². The number of phenols is 1. The second-order valence-corrected chi connectivity index (χ2v) is 2.75. The lowest BCUT2D eigenvalue weighted by molar-refractivity contribution is 0.477. The Morgan fingerprint density at radius 3 is 2.77 bits per heavy atom. The van der Waals surface area contributed by atoms with Gasteiger partial charge in [0, 0.05) is 6.54 Å². The number of phenolic OH excluding ortho intramolecular Hbond substituents is 1. The van der Waals surface area contributed by atoms with E-state index in [2.05, 4.69) is 10.5 Å². The predicted octanol–water partition coefficient (Wildman–Crippen LogP) is 2.53. The number of hydrogen-bond donors (Lipinski definition) is 2. The number of nitrogens with one attached hydrogen (secondary N) is 1. The highest BCUT2D eigenvalue weighted by atomic mass is 16.3. The Bertz CT molecular complexity index is 324. The number of benzene rings is 1. The lowest BCUT2D eigenvalue weighted by Crippen LogP contribution is -1.98. The average Bonchev–Trinajstić information content (AvgIpc) is 2.12. The summed E-state index contributed by atoms with van der Waals surface area (Å²) >= 11 is 0. The van der Waals surface area contributed by atoms with E-state index in [1.807, 2.05) is 13.8 Å². The van der Waals surface area contributed by atoms with Crippen molar-refractivity contribution in [3.05, 3.63) is 22.6 Å². The van der Waals surface area contributed by atoms with Crippen LogP contribution in [0.25, 0.3) is 0 Å². The number of anilines is 1. The Balaban J connectivity index is 3.25. The lowest BCUT2D eigenvalue weighted by Gasteiger charge is -2.09. The highest BCUT2D eigenvalue weighted by Gasteiger charge is 2.10. The summed E-state index contributed by atoms with van der Waals surface area (Å²) in [6.45, 7) is 4.46. The topological polar surface area (TPSA) is 61.7 Å². The van der Waals surface area contributed by atoms with Crippen LogP contribution in [0.1, 0.15) is 12.5 Å². The van der Waals surface area contributed by atoms with E-state index in [9.17, 15) is 10.0 Å². The Morgan fingerprint density at radius 1 is 1.54 bits per heavy atom. The van der Waals surface area contributed by atoms with Gasteiger partial charge in [0.15, 0.2) is 5.69 Å². The maximum absolute atomic E-state index is 10.4. The first-order valence-corrected chi connectivity index (χ1v) is 4.10. The molecule has 4 nitrogen and oxygen atoms in total. The van der Waals surface area contributed by atoms with Gasteiger partial charge in [0.1, 0.15) is 5.75 Å². The van der Waals surface area contributed by atoms with Crippen LogP contribution in [0.4, 0.5) is 11.4 Å². The van der Waals surface area contributed by atoms with Crippen molar-refractivity contribution >= 4 is 11.4 Å². The standard InChI is InChI=1S/C9H12N2O2/c1-3-10-8-6(2)4-5-7(12)9(8)11-13/h4-5,10,12H,3H2,1-2H3. The van der Waals surface area contributed by atoms with Crippen molar-refractivity contribution in [2.75, 3.05) is 11.9 Å². The van der Waals surface area contributed by atoms with Crippen LogP contribution in [-0.4, -0.2) is 11.7 Å². The fourth-order valence-electron chi connectivity index (χ4n) is 1.17. The van der Waals surface area contributed by atoms with E-state index in [0.29, 0.717) is 12.2 Å². The maximum Gasteiger partial charge on any atom is 0.172 e. The van der Waals surface area contributed by atoms with E-state index in [4.69, 9.17) is 0 Å². The molecule has 0 aromatic heterocycles. The molecule has 1 aromatic rings. The average molecular weight is 180 g/mol. The van der Waals surface area contributed by atoms with Crippen molar-refractivity contribution in [2.45, 2.75) is 13.8 Å².